The molecule has 4 aromatic rings. The maximum absolute atomic E-state index is 12.6. The van der Waals surface area contributed by atoms with Crippen molar-refractivity contribution in [3.8, 4) is 11.4 Å². The summed E-state index contributed by atoms with van der Waals surface area (Å²) in [4.78, 5) is 25.3. The number of pyridine rings is 1. The van der Waals surface area contributed by atoms with Crippen LogP contribution in [0.2, 0.25) is 0 Å². The Morgan fingerprint density at radius 1 is 1.03 bits per heavy atom. The molecule has 0 radical (unpaired) electrons. The lowest BCUT2D eigenvalue weighted by Crippen LogP contribution is -2.17. The predicted octanol–water partition coefficient (Wildman–Crippen LogP) is 4.79. The summed E-state index contributed by atoms with van der Waals surface area (Å²) in [6.45, 7) is 0. The molecule has 158 valence electrons. The number of hydrogen-bond acceptors (Lipinski definition) is 5. The van der Waals surface area contributed by atoms with Crippen LogP contribution in [0.25, 0.3) is 15.9 Å². The van der Waals surface area contributed by atoms with E-state index in [1.54, 1.807) is 36.4 Å². The molecule has 6 nitrogen and oxygen atoms in total. The van der Waals surface area contributed by atoms with E-state index in [-0.39, 0.29) is 16.1 Å². The molecule has 2 heterocycles. The van der Waals surface area contributed by atoms with E-state index in [9.17, 15) is 22.8 Å². The second-order valence-corrected chi connectivity index (χ2v) is 7.43. The maximum atomic E-state index is 12.6. The first-order valence-corrected chi connectivity index (χ1v) is 9.71. The molecule has 1 amide bonds. The van der Waals surface area contributed by atoms with Gasteiger partial charge >= 0.3 is 6.36 Å². The van der Waals surface area contributed by atoms with Gasteiger partial charge in [0.05, 0.1) is 11.4 Å². The quantitative estimate of drug-likeness (QED) is 0.462. The summed E-state index contributed by atoms with van der Waals surface area (Å²) < 4.78 is 43.0. The van der Waals surface area contributed by atoms with E-state index >= 15 is 0 Å². The zero-order valence-corrected chi connectivity index (χ0v) is 16.5. The Bertz CT molecular complexity index is 1330. The van der Waals surface area contributed by atoms with Crippen LogP contribution in [0, 0.1) is 0 Å². The molecule has 2 aromatic heterocycles. The Morgan fingerprint density at radius 3 is 2.45 bits per heavy atom. The third kappa shape index (κ3) is 4.24. The average molecular weight is 445 g/mol. The highest BCUT2D eigenvalue weighted by Crippen LogP contribution is 2.38. The summed E-state index contributed by atoms with van der Waals surface area (Å²) in [5.74, 6) is -1.16. The van der Waals surface area contributed by atoms with E-state index in [2.05, 4.69) is 10.1 Å². The molecule has 0 atom stereocenters. The Labute approximate surface area is 177 Å². The minimum Gasteiger partial charge on any atom is -0.406 e. The summed E-state index contributed by atoms with van der Waals surface area (Å²) in [5, 5.41) is 3.47. The molecule has 0 aliphatic rings. The van der Waals surface area contributed by atoms with Gasteiger partial charge in [-0.3, -0.25) is 14.2 Å². The number of alkyl halides is 3. The largest absolute Gasteiger partial charge is 0.573 e. The van der Waals surface area contributed by atoms with Crippen LogP contribution in [0.5, 0.6) is 5.75 Å². The van der Waals surface area contributed by atoms with E-state index in [0.717, 1.165) is 23.5 Å². The van der Waals surface area contributed by atoms with Crippen molar-refractivity contribution in [3.05, 3.63) is 82.0 Å². The average Bonchev–Trinajstić information content (AvgIpc) is 3.06. The van der Waals surface area contributed by atoms with Gasteiger partial charge in [0.2, 0.25) is 0 Å². The molecule has 0 fully saturated rings. The van der Waals surface area contributed by atoms with Crippen molar-refractivity contribution < 1.29 is 22.7 Å². The smallest absolute Gasteiger partial charge is 0.406 e. The van der Waals surface area contributed by atoms with Gasteiger partial charge < -0.3 is 15.8 Å². The molecule has 4 rings (SSSR count). The van der Waals surface area contributed by atoms with Crippen molar-refractivity contribution in [1.29, 1.82) is 0 Å². The molecule has 3 N–H and O–H groups in total. The number of halogens is 3. The van der Waals surface area contributed by atoms with E-state index in [1.807, 2.05) is 0 Å². The molecular weight excluding hydrogens is 431 g/mol. The Kier molecular flexibility index (Phi) is 5.15. The van der Waals surface area contributed by atoms with Gasteiger partial charge in [0.1, 0.15) is 15.5 Å². The highest BCUT2D eigenvalue weighted by atomic mass is 32.1. The Morgan fingerprint density at radius 2 is 1.77 bits per heavy atom. The number of carbonyl (C=O) groups excluding carboxylic acids is 1. The highest BCUT2D eigenvalue weighted by molar-refractivity contribution is 7.21. The minimum atomic E-state index is -4.84. The topological polar surface area (TPSA) is 86.4 Å². The third-order valence-corrected chi connectivity index (χ3v) is 5.52. The number of aromatic nitrogens is 1. The van der Waals surface area contributed by atoms with Crippen LogP contribution in [0.3, 0.4) is 0 Å². The van der Waals surface area contributed by atoms with Gasteiger partial charge in [-0.05, 0) is 30.3 Å². The zero-order chi connectivity index (χ0) is 22.2. The number of thiophene rings is 1. The zero-order valence-electron chi connectivity index (χ0n) is 15.6. The van der Waals surface area contributed by atoms with Gasteiger partial charge in [-0.2, -0.15) is 0 Å². The van der Waals surface area contributed by atoms with E-state index < -0.39 is 18.0 Å². The van der Waals surface area contributed by atoms with Gasteiger partial charge in [0, 0.05) is 23.2 Å². The lowest BCUT2D eigenvalue weighted by Gasteiger charge is -2.12. The van der Waals surface area contributed by atoms with Crippen molar-refractivity contribution in [1.82, 2.24) is 4.57 Å². The molecule has 0 spiro atoms. The number of ether oxygens (including phenoxy) is 1. The predicted molar refractivity (Wildman–Crippen MR) is 112 cm³/mol. The van der Waals surface area contributed by atoms with Gasteiger partial charge in [0.15, 0.2) is 0 Å². The van der Waals surface area contributed by atoms with Crippen molar-refractivity contribution in [2.75, 3.05) is 5.32 Å². The van der Waals surface area contributed by atoms with Crippen LogP contribution in [0.1, 0.15) is 9.67 Å². The summed E-state index contributed by atoms with van der Waals surface area (Å²) >= 11 is 1.02. The van der Waals surface area contributed by atoms with Crippen molar-refractivity contribution in [2.24, 2.45) is 5.73 Å². The lowest BCUT2D eigenvalue weighted by molar-refractivity contribution is -0.274. The third-order valence-electron chi connectivity index (χ3n) is 4.32. The second kappa shape index (κ2) is 7.80. The normalized spacial score (nSPS) is 11.5. The van der Waals surface area contributed by atoms with Crippen LogP contribution in [0.4, 0.5) is 24.5 Å². The van der Waals surface area contributed by atoms with Crippen molar-refractivity contribution >= 4 is 38.8 Å². The number of amides is 1. The fourth-order valence-electron chi connectivity index (χ4n) is 3.12. The number of anilines is 2. The molecule has 0 saturated heterocycles. The van der Waals surface area contributed by atoms with E-state index in [4.69, 9.17) is 5.73 Å². The summed E-state index contributed by atoms with van der Waals surface area (Å²) in [6, 6.07) is 16.9. The first kappa shape index (κ1) is 20.5. The minimum absolute atomic E-state index is 0.132. The number of nitrogens with zero attached hydrogens (tertiary/aromatic N) is 1. The maximum Gasteiger partial charge on any atom is 0.573 e. The second-order valence-electron chi connectivity index (χ2n) is 6.43. The van der Waals surface area contributed by atoms with Crippen LogP contribution in [-0.2, 0) is 0 Å². The van der Waals surface area contributed by atoms with Crippen molar-refractivity contribution in [3.63, 3.8) is 0 Å². The summed E-state index contributed by atoms with van der Waals surface area (Å²) in [5.41, 5.74) is 6.38. The number of hydrogen-bond donors (Lipinski definition) is 2. The molecule has 31 heavy (non-hydrogen) atoms. The summed E-state index contributed by atoms with van der Waals surface area (Å²) in [7, 11) is 0. The number of rotatable bonds is 5. The van der Waals surface area contributed by atoms with Crippen LogP contribution in [-0.4, -0.2) is 16.8 Å². The molecule has 0 aliphatic heterocycles. The molecule has 0 saturated carbocycles. The highest BCUT2D eigenvalue weighted by Gasteiger charge is 2.31. The van der Waals surface area contributed by atoms with E-state index in [0.29, 0.717) is 21.6 Å². The van der Waals surface area contributed by atoms with Gasteiger partial charge in [0.25, 0.3) is 11.5 Å². The standard InChI is InChI=1S/C21H14F3N3O3S/c22-21(23,24)30-14-8-4-5-12(11-14)26-17-15-9-10-16(28)27(13-6-2-1-3-7-13)20(15)31-18(17)19(25)29/h1-11,26H,(H2,25,29). The number of carbonyl (C=O) groups is 1. The molecule has 10 heteroatoms. The van der Waals surface area contributed by atoms with Gasteiger partial charge in [-0.25, -0.2) is 0 Å². The molecular formula is C21H14F3N3O3S. The Hall–Kier alpha value is -3.79. The number of benzene rings is 2. The van der Waals surface area contributed by atoms with Crippen LogP contribution in [0.15, 0.2) is 71.5 Å². The fraction of sp³-hybridized carbons (Fsp3) is 0.0476. The lowest BCUT2D eigenvalue weighted by atomic mass is 10.2. The monoisotopic (exact) mass is 445 g/mol. The number of para-hydroxylation sites is 1. The SMILES string of the molecule is NC(=O)c1sc2c(ccc(=O)n2-c2ccccc2)c1Nc1cccc(OC(F)(F)F)c1. The van der Waals surface area contributed by atoms with Gasteiger partial charge in [-0.1, -0.05) is 24.3 Å². The van der Waals surface area contributed by atoms with Crippen LogP contribution >= 0.6 is 11.3 Å². The number of primary amides is 1. The van der Waals surface area contributed by atoms with Gasteiger partial charge in [-0.15, -0.1) is 24.5 Å². The number of nitrogens with one attached hydrogen (secondary N) is 1. The summed E-state index contributed by atoms with van der Waals surface area (Å²) in [6.07, 6.45) is -4.84. The number of nitrogens with two attached hydrogens (primary N) is 1. The fourth-order valence-corrected chi connectivity index (χ4v) is 4.24. The van der Waals surface area contributed by atoms with Crippen LogP contribution < -0.4 is 21.3 Å². The first-order chi connectivity index (χ1) is 14.7. The molecule has 0 bridgehead atoms. The first-order valence-electron chi connectivity index (χ1n) is 8.89. The van der Waals surface area contributed by atoms with Crippen molar-refractivity contribution in [2.45, 2.75) is 6.36 Å². The molecule has 2 aromatic carbocycles. The molecule has 0 aliphatic carbocycles. The Balaban J connectivity index is 1.85. The number of fused-ring (bicyclic) bond motifs is 1. The van der Waals surface area contributed by atoms with E-state index in [1.165, 1.54) is 22.8 Å². The molecule has 0 unspecified atom stereocenters.